The van der Waals surface area contributed by atoms with E-state index in [-0.39, 0.29) is 11.3 Å². The zero-order chi connectivity index (χ0) is 24.1. The molecule has 178 valence electrons. The second-order valence-electron chi connectivity index (χ2n) is 10.0. The van der Waals surface area contributed by atoms with Gasteiger partial charge in [-0.05, 0) is 63.5 Å². The number of hydrogen-bond donors (Lipinski definition) is 1. The van der Waals surface area contributed by atoms with Crippen LogP contribution in [0.5, 0.6) is 0 Å². The van der Waals surface area contributed by atoms with Crippen molar-refractivity contribution in [1.29, 1.82) is 0 Å². The molecule has 1 fully saturated rings. The summed E-state index contributed by atoms with van der Waals surface area (Å²) in [6.07, 6.45) is 2.41. The lowest BCUT2D eigenvalue weighted by Crippen LogP contribution is -2.63. The van der Waals surface area contributed by atoms with E-state index in [0.717, 1.165) is 23.3 Å². The van der Waals surface area contributed by atoms with Crippen LogP contribution in [0.1, 0.15) is 71.3 Å². The van der Waals surface area contributed by atoms with Crippen LogP contribution in [-0.4, -0.2) is 46.4 Å². The SMILES string of the molecule is CC(=O)OC(C)C(C)(O)C(=O)O[C@@H]1CC[C@]2(C)Cc3occ(C)c3CC2[C@]1(C)OC(C)=O. The van der Waals surface area contributed by atoms with Gasteiger partial charge < -0.3 is 23.7 Å². The van der Waals surface area contributed by atoms with Gasteiger partial charge in [0.05, 0.1) is 6.26 Å². The van der Waals surface area contributed by atoms with Crippen molar-refractivity contribution in [3.05, 3.63) is 23.2 Å². The number of furan rings is 1. The molecule has 3 unspecified atom stereocenters. The molecule has 1 aromatic heterocycles. The molecule has 8 heteroatoms. The van der Waals surface area contributed by atoms with Crippen molar-refractivity contribution < 1.29 is 38.1 Å². The van der Waals surface area contributed by atoms with Crippen LogP contribution in [-0.2, 0) is 41.4 Å². The summed E-state index contributed by atoms with van der Waals surface area (Å²) in [5.74, 6) is -1.16. The van der Waals surface area contributed by atoms with Gasteiger partial charge in [-0.15, -0.1) is 0 Å². The maximum atomic E-state index is 13.0. The third kappa shape index (κ3) is 4.17. The van der Waals surface area contributed by atoms with Gasteiger partial charge in [0.15, 0.2) is 5.60 Å². The van der Waals surface area contributed by atoms with E-state index in [1.54, 1.807) is 13.2 Å². The van der Waals surface area contributed by atoms with Gasteiger partial charge in [-0.1, -0.05) is 6.92 Å². The number of carbonyl (C=O) groups excluding carboxylic acids is 3. The number of esters is 3. The smallest absolute Gasteiger partial charge is 0.342 e. The molecule has 0 saturated heterocycles. The molecule has 8 nitrogen and oxygen atoms in total. The van der Waals surface area contributed by atoms with E-state index in [4.69, 9.17) is 18.6 Å². The highest BCUT2D eigenvalue weighted by Gasteiger charge is 2.60. The fourth-order valence-electron chi connectivity index (χ4n) is 5.42. The lowest BCUT2D eigenvalue weighted by molar-refractivity contribution is -0.228. The Bertz CT molecular complexity index is 915. The molecule has 1 aromatic rings. The zero-order valence-electron chi connectivity index (χ0n) is 19.9. The molecule has 32 heavy (non-hydrogen) atoms. The third-order valence-corrected chi connectivity index (χ3v) is 7.47. The van der Waals surface area contributed by atoms with E-state index in [9.17, 15) is 19.5 Å². The number of aliphatic hydroxyl groups is 1. The van der Waals surface area contributed by atoms with E-state index in [2.05, 4.69) is 6.92 Å². The molecule has 0 spiro atoms. The van der Waals surface area contributed by atoms with Crippen LogP contribution in [0.25, 0.3) is 0 Å². The number of hydrogen-bond acceptors (Lipinski definition) is 8. The van der Waals surface area contributed by atoms with Gasteiger partial charge in [-0.3, -0.25) is 9.59 Å². The van der Waals surface area contributed by atoms with Crippen LogP contribution < -0.4 is 0 Å². The van der Waals surface area contributed by atoms with E-state index in [1.165, 1.54) is 27.7 Å². The molecule has 0 radical (unpaired) electrons. The molecular weight excluding hydrogens is 416 g/mol. The first-order valence-corrected chi connectivity index (χ1v) is 11.1. The van der Waals surface area contributed by atoms with Crippen LogP contribution in [0.3, 0.4) is 0 Å². The van der Waals surface area contributed by atoms with Crippen molar-refractivity contribution in [1.82, 2.24) is 0 Å². The molecule has 6 atom stereocenters. The molecule has 2 aliphatic rings. The lowest BCUT2D eigenvalue weighted by atomic mass is 9.54. The minimum absolute atomic E-state index is 0.120. The van der Waals surface area contributed by atoms with Gasteiger partial charge >= 0.3 is 17.9 Å². The monoisotopic (exact) mass is 450 g/mol. The third-order valence-electron chi connectivity index (χ3n) is 7.47. The topological polar surface area (TPSA) is 112 Å². The highest BCUT2D eigenvalue weighted by Crippen LogP contribution is 2.55. The molecule has 1 N–H and O–H groups in total. The standard InChI is InChI=1S/C24H34O8/c1-13-12-29-18-11-22(5)9-8-20(24(7,32-16(4)26)19(22)10-17(13)18)31-21(27)23(6,28)14(2)30-15(3)25/h12,14,19-20,28H,8-11H2,1-7H3/t14?,19?,20-,22-,23?,24+/m1/s1. The number of aryl methyl sites for hydroxylation is 1. The maximum Gasteiger partial charge on any atom is 0.342 e. The van der Waals surface area contributed by atoms with E-state index >= 15 is 0 Å². The van der Waals surface area contributed by atoms with Crippen molar-refractivity contribution in [2.24, 2.45) is 11.3 Å². The van der Waals surface area contributed by atoms with Gasteiger partial charge in [0.25, 0.3) is 0 Å². The zero-order valence-corrected chi connectivity index (χ0v) is 19.9. The molecule has 0 aliphatic heterocycles. The molecule has 0 aromatic carbocycles. The molecule has 0 amide bonds. The van der Waals surface area contributed by atoms with Gasteiger partial charge in [0.2, 0.25) is 0 Å². The van der Waals surface area contributed by atoms with Crippen molar-refractivity contribution in [2.45, 2.75) is 97.6 Å². The first-order valence-electron chi connectivity index (χ1n) is 11.1. The van der Waals surface area contributed by atoms with Crippen molar-refractivity contribution in [3.63, 3.8) is 0 Å². The van der Waals surface area contributed by atoms with E-state index in [0.29, 0.717) is 19.3 Å². The summed E-state index contributed by atoms with van der Waals surface area (Å²) >= 11 is 0. The fourth-order valence-corrected chi connectivity index (χ4v) is 5.42. The van der Waals surface area contributed by atoms with Crippen molar-refractivity contribution >= 4 is 17.9 Å². The number of carbonyl (C=O) groups is 3. The predicted molar refractivity (Wildman–Crippen MR) is 114 cm³/mol. The Balaban J connectivity index is 1.92. The Morgan fingerprint density at radius 1 is 1.25 bits per heavy atom. The maximum absolute atomic E-state index is 13.0. The minimum Gasteiger partial charge on any atom is -0.469 e. The second kappa shape index (κ2) is 8.21. The van der Waals surface area contributed by atoms with Crippen molar-refractivity contribution in [2.75, 3.05) is 0 Å². The average molecular weight is 451 g/mol. The van der Waals surface area contributed by atoms with Gasteiger partial charge in [0.1, 0.15) is 23.6 Å². The lowest BCUT2D eigenvalue weighted by Gasteiger charge is -2.56. The average Bonchev–Trinajstić information content (AvgIpc) is 3.01. The Kier molecular flexibility index (Phi) is 6.23. The molecule has 3 rings (SSSR count). The highest BCUT2D eigenvalue weighted by molar-refractivity contribution is 5.80. The van der Waals surface area contributed by atoms with Crippen molar-refractivity contribution in [3.8, 4) is 0 Å². The van der Waals surface area contributed by atoms with Gasteiger partial charge in [-0.25, -0.2) is 4.79 Å². The second-order valence-corrected chi connectivity index (χ2v) is 10.0. The van der Waals surface area contributed by atoms with Crippen LogP contribution in [0.4, 0.5) is 0 Å². The molecule has 1 heterocycles. The van der Waals surface area contributed by atoms with Crippen LogP contribution in [0.15, 0.2) is 10.7 Å². The molecule has 0 bridgehead atoms. The first kappa shape index (κ1) is 24.3. The number of fused-ring (bicyclic) bond motifs is 2. The molecule has 2 aliphatic carbocycles. The normalized spacial score (nSPS) is 32.0. The fraction of sp³-hybridized carbons (Fsp3) is 0.708. The van der Waals surface area contributed by atoms with Gasteiger partial charge in [0, 0.05) is 26.2 Å². The van der Waals surface area contributed by atoms with E-state index < -0.39 is 41.3 Å². The Morgan fingerprint density at radius 3 is 2.50 bits per heavy atom. The first-order chi connectivity index (χ1) is 14.7. The van der Waals surface area contributed by atoms with Crippen LogP contribution >= 0.6 is 0 Å². The Morgan fingerprint density at radius 2 is 1.91 bits per heavy atom. The summed E-state index contributed by atoms with van der Waals surface area (Å²) in [4.78, 5) is 36.4. The summed E-state index contributed by atoms with van der Waals surface area (Å²) in [6, 6.07) is 0. The largest absolute Gasteiger partial charge is 0.469 e. The van der Waals surface area contributed by atoms with E-state index in [1.807, 2.05) is 6.92 Å². The molecular formula is C24H34O8. The summed E-state index contributed by atoms with van der Waals surface area (Å²) < 4.78 is 22.4. The number of ether oxygens (including phenoxy) is 3. The number of rotatable bonds is 5. The van der Waals surface area contributed by atoms with Gasteiger partial charge in [-0.2, -0.15) is 0 Å². The minimum atomic E-state index is -2.05. The van der Waals surface area contributed by atoms with Crippen LogP contribution in [0, 0.1) is 18.3 Å². The summed E-state index contributed by atoms with van der Waals surface area (Å²) in [6.45, 7) is 11.2. The summed E-state index contributed by atoms with van der Waals surface area (Å²) in [5, 5.41) is 10.7. The Hall–Kier alpha value is -2.35. The quantitative estimate of drug-likeness (QED) is 0.538. The Labute approximate surface area is 188 Å². The van der Waals surface area contributed by atoms with Crippen LogP contribution in [0.2, 0.25) is 0 Å². The summed E-state index contributed by atoms with van der Waals surface area (Å²) in [7, 11) is 0. The highest BCUT2D eigenvalue weighted by atomic mass is 16.6. The molecule has 1 saturated carbocycles. The predicted octanol–water partition coefficient (Wildman–Crippen LogP) is 3.04. The summed E-state index contributed by atoms with van der Waals surface area (Å²) in [5.41, 5.74) is -1.21.